The molecule has 0 saturated carbocycles. The second kappa shape index (κ2) is 7.71. The second-order valence-corrected chi connectivity index (χ2v) is 8.74. The van der Waals surface area contributed by atoms with E-state index in [9.17, 15) is 14.0 Å². The van der Waals surface area contributed by atoms with Gasteiger partial charge in [0.15, 0.2) is 5.78 Å². The first kappa shape index (κ1) is 19.8. The third-order valence-corrected chi connectivity index (χ3v) is 6.53. The zero-order valence-corrected chi connectivity index (χ0v) is 17.1. The molecule has 4 nitrogen and oxygen atoms in total. The molecular formula is C24H28FN2O2+. The molecule has 2 heterocycles. The average Bonchev–Trinajstić information content (AvgIpc) is 2.93. The quantitative estimate of drug-likeness (QED) is 0.791. The lowest BCUT2D eigenvalue weighted by molar-refractivity contribution is -0.904. The third-order valence-electron chi connectivity index (χ3n) is 6.53. The number of Topliss-reactive ketones (excluding diaryl/α,β-unsaturated/α-hetero) is 1. The molecule has 0 unspecified atom stereocenters. The van der Waals surface area contributed by atoms with Gasteiger partial charge in [0.25, 0.3) is 0 Å². The van der Waals surface area contributed by atoms with Crippen LogP contribution in [-0.4, -0.2) is 37.9 Å². The summed E-state index contributed by atoms with van der Waals surface area (Å²) < 4.78 is 13.1. The number of carbonyl (C=O) groups excluding carboxylic acids is 2. The monoisotopic (exact) mass is 395 g/mol. The van der Waals surface area contributed by atoms with Crippen molar-refractivity contribution in [2.24, 2.45) is 5.92 Å². The minimum absolute atomic E-state index is 0.0114. The van der Waals surface area contributed by atoms with Crippen LogP contribution >= 0.6 is 0 Å². The van der Waals surface area contributed by atoms with Crippen molar-refractivity contribution in [2.45, 2.75) is 32.1 Å². The molecule has 2 aliphatic rings. The Morgan fingerprint density at radius 2 is 1.76 bits per heavy atom. The van der Waals surface area contributed by atoms with Crippen LogP contribution in [0.3, 0.4) is 0 Å². The first-order valence-electron chi connectivity index (χ1n) is 10.4. The van der Waals surface area contributed by atoms with Gasteiger partial charge in [0.1, 0.15) is 5.82 Å². The first-order valence-corrected chi connectivity index (χ1v) is 10.4. The fraction of sp³-hybridized carbons (Fsp3) is 0.417. The highest BCUT2D eigenvalue weighted by Gasteiger charge is 2.43. The van der Waals surface area contributed by atoms with Crippen molar-refractivity contribution in [1.29, 1.82) is 0 Å². The minimum Gasteiger partial charge on any atom is -0.333 e. The van der Waals surface area contributed by atoms with Crippen LogP contribution in [0.25, 0.3) is 0 Å². The summed E-state index contributed by atoms with van der Waals surface area (Å²) in [6.07, 6.45) is 1.67. The molecule has 2 aromatic rings. The number of nitrogens with zero attached hydrogens (tertiary/aromatic N) is 1. The van der Waals surface area contributed by atoms with E-state index in [-0.39, 0.29) is 23.4 Å². The number of quaternary nitrogens is 1. The molecule has 0 aliphatic carbocycles. The van der Waals surface area contributed by atoms with E-state index in [4.69, 9.17) is 0 Å². The van der Waals surface area contributed by atoms with E-state index >= 15 is 0 Å². The minimum atomic E-state index is -0.472. The predicted octanol–water partition coefficient (Wildman–Crippen LogP) is 2.63. The summed E-state index contributed by atoms with van der Waals surface area (Å²) in [5.74, 6) is -0.0202. The number of nitrogens with one attached hydrogen (secondary N) is 1. The number of carbonyl (C=O) groups is 2. The standard InChI is InChI=1S/C24H27FN2O2/c1-24(2)20-5-3-4-6-21(20)27(23(24)29)16-15-26-13-11-18(12-14-26)22(28)17-7-9-19(25)10-8-17/h3-10,18H,11-16H2,1-2H3/p+1. The number of hydrogen-bond donors (Lipinski definition) is 1. The summed E-state index contributed by atoms with van der Waals surface area (Å²) in [5, 5.41) is 0. The van der Waals surface area contributed by atoms with Crippen LogP contribution in [0.15, 0.2) is 48.5 Å². The maximum Gasteiger partial charge on any atom is 0.237 e. The smallest absolute Gasteiger partial charge is 0.237 e. The number of halogens is 1. The van der Waals surface area contributed by atoms with Crippen LogP contribution in [0.2, 0.25) is 0 Å². The Hall–Kier alpha value is -2.53. The highest BCUT2D eigenvalue weighted by Crippen LogP contribution is 2.40. The van der Waals surface area contributed by atoms with Crippen LogP contribution in [0.5, 0.6) is 0 Å². The molecular weight excluding hydrogens is 367 g/mol. The number of anilines is 1. The van der Waals surface area contributed by atoms with Gasteiger partial charge in [0, 0.05) is 30.0 Å². The number of fused-ring (bicyclic) bond motifs is 1. The van der Waals surface area contributed by atoms with Gasteiger partial charge in [0.2, 0.25) is 5.91 Å². The zero-order valence-electron chi connectivity index (χ0n) is 17.1. The van der Waals surface area contributed by atoms with Crippen molar-refractivity contribution in [1.82, 2.24) is 0 Å². The van der Waals surface area contributed by atoms with Gasteiger partial charge in [-0.25, -0.2) is 4.39 Å². The van der Waals surface area contributed by atoms with E-state index in [2.05, 4.69) is 0 Å². The summed E-state index contributed by atoms with van der Waals surface area (Å²) in [5.41, 5.74) is 2.26. The van der Waals surface area contributed by atoms with E-state index in [0.29, 0.717) is 12.1 Å². The fourth-order valence-corrected chi connectivity index (χ4v) is 4.68. The fourth-order valence-electron chi connectivity index (χ4n) is 4.68. The van der Waals surface area contributed by atoms with Gasteiger partial charge in [-0.15, -0.1) is 0 Å². The summed E-state index contributed by atoms with van der Waals surface area (Å²) in [4.78, 5) is 28.9. The van der Waals surface area contributed by atoms with E-state index in [1.54, 1.807) is 12.1 Å². The molecule has 4 rings (SSSR count). The number of para-hydroxylation sites is 1. The predicted molar refractivity (Wildman–Crippen MR) is 111 cm³/mol. The molecule has 1 saturated heterocycles. The van der Waals surface area contributed by atoms with E-state index < -0.39 is 5.41 Å². The van der Waals surface area contributed by atoms with E-state index in [0.717, 1.165) is 43.7 Å². The Kier molecular flexibility index (Phi) is 5.26. The number of ketones is 1. The normalized spacial score (nSPS) is 23.1. The van der Waals surface area contributed by atoms with Crippen LogP contribution in [0.1, 0.15) is 42.6 Å². The van der Waals surface area contributed by atoms with Crippen LogP contribution in [0.4, 0.5) is 10.1 Å². The molecule has 0 radical (unpaired) electrons. The molecule has 1 amide bonds. The van der Waals surface area contributed by atoms with Crippen molar-refractivity contribution in [3.63, 3.8) is 0 Å². The Balaban J connectivity index is 1.33. The zero-order chi connectivity index (χ0) is 20.6. The molecule has 29 heavy (non-hydrogen) atoms. The van der Waals surface area contributed by atoms with E-state index in [1.807, 2.05) is 43.0 Å². The topological polar surface area (TPSA) is 41.8 Å². The third kappa shape index (κ3) is 3.71. The molecule has 2 aromatic carbocycles. The van der Waals surface area contributed by atoms with Crippen molar-refractivity contribution >= 4 is 17.4 Å². The molecule has 5 heteroatoms. The van der Waals surface area contributed by atoms with Crippen molar-refractivity contribution in [2.75, 3.05) is 31.1 Å². The Morgan fingerprint density at radius 3 is 2.45 bits per heavy atom. The number of piperidine rings is 1. The lowest BCUT2D eigenvalue weighted by Gasteiger charge is -2.30. The van der Waals surface area contributed by atoms with Gasteiger partial charge >= 0.3 is 0 Å². The largest absolute Gasteiger partial charge is 0.333 e. The van der Waals surface area contributed by atoms with Gasteiger partial charge < -0.3 is 9.80 Å². The van der Waals surface area contributed by atoms with Gasteiger partial charge in [-0.05, 0) is 49.7 Å². The number of amides is 1. The van der Waals surface area contributed by atoms with Crippen molar-refractivity contribution < 1.29 is 18.9 Å². The second-order valence-electron chi connectivity index (χ2n) is 8.74. The molecule has 1 fully saturated rings. The number of benzene rings is 2. The number of rotatable bonds is 5. The molecule has 0 atom stereocenters. The summed E-state index contributed by atoms with van der Waals surface area (Å²) in [6, 6.07) is 13.9. The maximum atomic E-state index is 13.1. The average molecular weight is 395 g/mol. The number of hydrogen-bond acceptors (Lipinski definition) is 2. The van der Waals surface area contributed by atoms with E-state index in [1.165, 1.54) is 17.0 Å². The summed E-state index contributed by atoms with van der Waals surface area (Å²) in [7, 11) is 0. The van der Waals surface area contributed by atoms with Gasteiger partial charge in [-0.2, -0.15) is 0 Å². The van der Waals surface area contributed by atoms with Gasteiger partial charge in [0.05, 0.1) is 31.6 Å². The highest BCUT2D eigenvalue weighted by atomic mass is 19.1. The maximum absolute atomic E-state index is 13.1. The molecule has 152 valence electrons. The Bertz CT molecular complexity index is 915. The van der Waals surface area contributed by atoms with Crippen molar-refractivity contribution in [3.05, 3.63) is 65.5 Å². The lowest BCUT2D eigenvalue weighted by atomic mass is 9.86. The first-order chi connectivity index (χ1) is 13.9. The van der Waals surface area contributed by atoms with Gasteiger partial charge in [-0.1, -0.05) is 18.2 Å². The van der Waals surface area contributed by atoms with Crippen molar-refractivity contribution in [3.8, 4) is 0 Å². The molecule has 0 bridgehead atoms. The molecule has 0 aromatic heterocycles. The van der Waals surface area contributed by atoms with Crippen LogP contribution in [0, 0.1) is 11.7 Å². The number of likely N-dealkylation sites (tertiary alicyclic amines) is 1. The summed E-state index contributed by atoms with van der Waals surface area (Å²) >= 11 is 0. The molecule has 2 aliphatic heterocycles. The Morgan fingerprint density at radius 1 is 1.10 bits per heavy atom. The Labute approximate surface area is 171 Å². The lowest BCUT2D eigenvalue weighted by Crippen LogP contribution is -3.13. The highest BCUT2D eigenvalue weighted by molar-refractivity contribution is 6.07. The molecule has 0 spiro atoms. The molecule has 1 N–H and O–H groups in total. The van der Waals surface area contributed by atoms with Crippen LogP contribution < -0.4 is 9.80 Å². The SMILES string of the molecule is CC1(C)C(=O)N(CC[NH+]2CCC(C(=O)c3ccc(F)cc3)CC2)c2ccccc21. The summed E-state index contributed by atoms with van der Waals surface area (Å²) in [6.45, 7) is 7.41. The van der Waals surface area contributed by atoms with Crippen LogP contribution in [-0.2, 0) is 10.2 Å². The van der Waals surface area contributed by atoms with Gasteiger partial charge in [-0.3, -0.25) is 9.59 Å².